The zero-order valence-corrected chi connectivity index (χ0v) is 7.34. The van der Waals surface area contributed by atoms with E-state index in [0.717, 1.165) is 11.0 Å². The first-order valence-corrected chi connectivity index (χ1v) is 4.09. The van der Waals surface area contributed by atoms with Gasteiger partial charge in [-0.2, -0.15) is 0 Å². The number of hydrogen-bond acceptors (Lipinski definition) is 3. The molecule has 72 valence electrons. The first-order valence-electron chi connectivity index (χ1n) is 4.09. The zero-order chi connectivity index (χ0) is 10.1. The maximum atomic E-state index is 10.5. The van der Waals surface area contributed by atoms with Crippen molar-refractivity contribution in [1.82, 2.24) is 9.55 Å². The number of aliphatic carboxylic acids is 1. The van der Waals surface area contributed by atoms with Gasteiger partial charge in [-0.15, -0.1) is 0 Å². The predicted molar refractivity (Wildman–Crippen MR) is 51.8 cm³/mol. The van der Waals surface area contributed by atoms with Crippen molar-refractivity contribution in [3.05, 3.63) is 24.5 Å². The normalized spacial score (nSPS) is 10.6. The van der Waals surface area contributed by atoms with E-state index < -0.39 is 5.97 Å². The van der Waals surface area contributed by atoms with Crippen molar-refractivity contribution in [2.24, 2.45) is 0 Å². The van der Waals surface area contributed by atoms with Gasteiger partial charge in [-0.3, -0.25) is 4.79 Å². The van der Waals surface area contributed by atoms with Crippen LogP contribution in [0.25, 0.3) is 11.0 Å². The van der Waals surface area contributed by atoms with Crippen LogP contribution in [0.4, 0.5) is 5.69 Å². The van der Waals surface area contributed by atoms with Crippen LogP contribution in [-0.4, -0.2) is 20.6 Å². The highest BCUT2D eigenvalue weighted by Crippen LogP contribution is 2.15. The van der Waals surface area contributed by atoms with E-state index in [0.29, 0.717) is 5.69 Å². The van der Waals surface area contributed by atoms with Gasteiger partial charge >= 0.3 is 5.97 Å². The van der Waals surface area contributed by atoms with Crippen LogP contribution in [0.2, 0.25) is 0 Å². The van der Waals surface area contributed by atoms with Gasteiger partial charge in [-0.1, -0.05) is 0 Å². The van der Waals surface area contributed by atoms with Crippen molar-refractivity contribution in [1.29, 1.82) is 0 Å². The first-order chi connectivity index (χ1) is 6.66. The van der Waals surface area contributed by atoms with Crippen molar-refractivity contribution < 1.29 is 9.90 Å². The largest absolute Gasteiger partial charge is 0.480 e. The number of aromatic nitrogens is 2. The van der Waals surface area contributed by atoms with Gasteiger partial charge in [-0.05, 0) is 18.2 Å². The summed E-state index contributed by atoms with van der Waals surface area (Å²) in [5.41, 5.74) is 7.69. The van der Waals surface area contributed by atoms with E-state index in [2.05, 4.69) is 4.98 Å². The molecule has 0 saturated carbocycles. The molecule has 1 heterocycles. The van der Waals surface area contributed by atoms with E-state index >= 15 is 0 Å². The third kappa shape index (κ3) is 1.39. The molecule has 1 aromatic heterocycles. The summed E-state index contributed by atoms with van der Waals surface area (Å²) >= 11 is 0. The second-order valence-corrected chi connectivity index (χ2v) is 3.01. The number of nitrogens with two attached hydrogens (primary N) is 1. The van der Waals surface area contributed by atoms with Gasteiger partial charge in [0.1, 0.15) is 6.54 Å². The molecular weight excluding hydrogens is 182 g/mol. The Hall–Kier alpha value is -2.04. The van der Waals surface area contributed by atoms with E-state index in [1.807, 2.05) is 0 Å². The molecule has 3 N–H and O–H groups in total. The van der Waals surface area contributed by atoms with Crippen LogP contribution in [0.15, 0.2) is 24.5 Å². The average molecular weight is 191 g/mol. The van der Waals surface area contributed by atoms with E-state index in [1.165, 1.54) is 6.33 Å². The monoisotopic (exact) mass is 191 g/mol. The Labute approximate surface area is 79.8 Å². The van der Waals surface area contributed by atoms with Crippen LogP contribution in [0.1, 0.15) is 0 Å². The predicted octanol–water partition coefficient (Wildman–Crippen LogP) is 0.703. The number of anilines is 1. The molecule has 0 fully saturated rings. The third-order valence-electron chi connectivity index (χ3n) is 1.95. The molecule has 5 nitrogen and oxygen atoms in total. The number of fused-ring (bicyclic) bond motifs is 1. The highest BCUT2D eigenvalue weighted by atomic mass is 16.4. The molecule has 0 aliphatic heterocycles. The Balaban J connectivity index is 2.55. The number of carboxylic acid groups (broad SMARTS) is 1. The topological polar surface area (TPSA) is 81.1 Å². The van der Waals surface area contributed by atoms with Crippen molar-refractivity contribution in [2.45, 2.75) is 6.54 Å². The number of imidazole rings is 1. The molecule has 0 radical (unpaired) electrons. The Morgan fingerprint density at radius 3 is 3.07 bits per heavy atom. The molecule has 0 aliphatic rings. The Kier molecular flexibility index (Phi) is 1.85. The van der Waals surface area contributed by atoms with Gasteiger partial charge in [0.25, 0.3) is 0 Å². The lowest BCUT2D eigenvalue weighted by Crippen LogP contribution is -2.07. The van der Waals surface area contributed by atoms with Crippen molar-refractivity contribution in [3.63, 3.8) is 0 Å². The molecule has 0 bridgehead atoms. The standard InChI is InChI=1S/C9H9N3O2/c10-6-1-2-7-8(3-6)12(5-11-7)4-9(13)14/h1-3,5H,4,10H2,(H,13,14). The van der Waals surface area contributed by atoms with Crippen LogP contribution < -0.4 is 5.73 Å². The molecule has 0 saturated heterocycles. The van der Waals surface area contributed by atoms with Gasteiger partial charge in [0, 0.05) is 5.69 Å². The fourth-order valence-electron chi connectivity index (χ4n) is 1.35. The van der Waals surface area contributed by atoms with Gasteiger partial charge in [0.15, 0.2) is 0 Å². The highest BCUT2D eigenvalue weighted by molar-refractivity contribution is 5.80. The van der Waals surface area contributed by atoms with E-state index in [-0.39, 0.29) is 6.54 Å². The summed E-state index contributed by atoms with van der Waals surface area (Å²) in [5, 5.41) is 8.63. The van der Waals surface area contributed by atoms with Gasteiger partial charge in [0.05, 0.1) is 17.4 Å². The number of nitrogens with zero attached hydrogens (tertiary/aromatic N) is 2. The SMILES string of the molecule is Nc1ccc2ncn(CC(=O)O)c2c1. The van der Waals surface area contributed by atoms with Crippen LogP contribution in [0, 0.1) is 0 Å². The molecule has 14 heavy (non-hydrogen) atoms. The number of carboxylic acids is 1. The molecular formula is C9H9N3O2. The number of carbonyl (C=O) groups is 1. The summed E-state index contributed by atoms with van der Waals surface area (Å²) in [5.74, 6) is -0.897. The lowest BCUT2D eigenvalue weighted by molar-refractivity contribution is -0.137. The highest BCUT2D eigenvalue weighted by Gasteiger charge is 2.05. The summed E-state index contributed by atoms with van der Waals surface area (Å²) in [4.78, 5) is 14.6. The molecule has 0 aliphatic carbocycles. The van der Waals surface area contributed by atoms with Crippen molar-refractivity contribution >= 4 is 22.7 Å². The quantitative estimate of drug-likeness (QED) is 0.685. The van der Waals surface area contributed by atoms with Crippen LogP contribution in [0.3, 0.4) is 0 Å². The maximum absolute atomic E-state index is 10.5. The molecule has 0 spiro atoms. The molecule has 0 amide bonds. The summed E-state index contributed by atoms with van der Waals surface area (Å²) in [6.07, 6.45) is 1.50. The number of hydrogen-bond donors (Lipinski definition) is 2. The average Bonchev–Trinajstić information content (AvgIpc) is 2.47. The maximum Gasteiger partial charge on any atom is 0.323 e. The Bertz CT molecular complexity index is 490. The summed E-state index contributed by atoms with van der Waals surface area (Å²) < 4.78 is 1.55. The smallest absolute Gasteiger partial charge is 0.323 e. The minimum absolute atomic E-state index is 0.0973. The molecule has 2 rings (SSSR count). The minimum atomic E-state index is -0.897. The lowest BCUT2D eigenvalue weighted by Gasteiger charge is -1.99. The summed E-state index contributed by atoms with van der Waals surface area (Å²) in [6, 6.07) is 5.22. The minimum Gasteiger partial charge on any atom is -0.480 e. The van der Waals surface area contributed by atoms with Crippen LogP contribution in [-0.2, 0) is 11.3 Å². The van der Waals surface area contributed by atoms with Gasteiger partial charge in [-0.25, -0.2) is 4.98 Å². The van der Waals surface area contributed by atoms with Crippen molar-refractivity contribution in [3.8, 4) is 0 Å². The Morgan fingerprint density at radius 1 is 1.57 bits per heavy atom. The third-order valence-corrected chi connectivity index (χ3v) is 1.95. The van der Waals surface area contributed by atoms with Gasteiger partial charge in [0.2, 0.25) is 0 Å². The molecule has 5 heteroatoms. The van der Waals surface area contributed by atoms with E-state index in [9.17, 15) is 4.79 Å². The molecule has 2 aromatic rings. The first kappa shape index (κ1) is 8.55. The number of rotatable bonds is 2. The second kappa shape index (κ2) is 3.02. The van der Waals surface area contributed by atoms with Crippen LogP contribution in [0.5, 0.6) is 0 Å². The summed E-state index contributed by atoms with van der Waals surface area (Å²) in [7, 11) is 0. The second-order valence-electron chi connectivity index (χ2n) is 3.01. The Morgan fingerprint density at radius 2 is 2.36 bits per heavy atom. The summed E-state index contributed by atoms with van der Waals surface area (Å²) in [6.45, 7) is -0.0973. The fourth-order valence-corrected chi connectivity index (χ4v) is 1.35. The number of benzene rings is 1. The lowest BCUT2D eigenvalue weighted by atomic mass is 10.3. The molecule has 1 aromatic carbocycles. The van der Waals surface area contributed by atoms with Crippen LogP contribution >= 0.6 is 0 Å². The van der Waals surface area contributed by atoms with Crippen molar-refractivity contribution in [2.75, 3.05) is 5.73 Å². The zero-order valence-electron chi connectivity index (χ0n) is 7.34. The molecule has 0 atom stereocenters. The number of nitrogen functional groups attached to an aromatic ring is 1. The fraction of sp³-hybridized carbons (Fsp3) is 0.111. The van der Waals surface area contributed by atoms with E-state index in [4.69, 9.17) is 10.8 Å². The van der Waals surface area contributed by atoms with E-state index in [1.54, 1.807) is 22.8 Å². The van der Waals surface area contributed by atoms with Gasteiger partial charge < -0.3 is 15.4 Å². The molecule has 0 unspecified atom stereocenters.